The molecular formula is C22H26FN5O2. The van der Waals surface area contributed by atoms with Crippen molar-refractivity contribution in [1.29, 1.82) is 0 Å². The topological polar surface area (TPSA) is 78.4 Å². The molecule has 0 spiro atoms. The number of hydrogen-bond donors (Lipinski definition) is 1. The number of anilines is 1. The summed E-state index contributed by atoms with van der Waals surface area (Å²) in [5.41, 5.74) is 1.41. The molecule has 158 valence electrons. The van der Waals surface area contributed by atoms with Gasteiger partial charge in [0.15, 0.2) is 5.82 Å². The summed E-state index contributed by atoms with van der Waals surface area (Å²) in [4.78, 5) is 38.4. The largest absolute Gasteiger partial charge is 0.331 e. The predicted molar refractivity (Wildman–Crippen MR) is 110 cm³/mol. The first-order valence-corrected chi connectivity index (χ1v) is 10.4. The number of benzene rings is 1. The van der Waals surface area contributed by atoms with E-state index in [0.717, 1.165) is 38.8 Å². The molecule has 3 heterocycles. The molecule has 0 radical (unpaired) electrons. The SMILES string of the molecule is Cc1nc([C@H]2CCCN2C(=O)CN2CCCC2)ncc1C(=O)Nc1ccc(F)cc1. The molecule has 0 unspecified atom stereocenters. The van der Waals surface area contributed by atoms with Crippen molar-refractivity contribution in [2.75, 3.05) is 31.5 Å². The highest BCUT2D eigenvalue weighted by molar-refractivity contribution is 6.04. The molecule has 2 aliphatic heterocycles. The molecule has 2 amide bonds. The molecule has 1 aromatic carbocycles. The van der Waals surface area contributed by atoms with Gasteiger partial charge in [-0.1, -0.05) is 0 Å². The van der Waals surface area contributed by atoms with E-state index in [-0.39, 0.29) is 23.7 Å². The van der Waals surface area contributed by atoms with E-state index in [1.165, 1.54) is 30.5 Å². The van der Waals surface area contributed by atoms with Crippen molar-refractivity contribution >= 4 is 17.5 Å². The van der Waals surface area contributed by atoms with E-state index in [2.05, 4.69) is 20.2 Å². The van der Waals surface area contributed by atoms with E-state index in [4.69, 9.17) is 0 Å². The van der Waals surface area contributed by atoms with Crippen molar-refractivity contribution in [3.63, 3.8) is 0 Å². The third kappa shape index (κ3) is 4.48. The summed E-state index contributed by atoms with van der Waals surface area (Å²) in [6.45, 7) is 4.89. The van der Waals surface area contributed by atoms with Crippen LogP contribution in [0.25, 0.3) is 0 Å². The second kappa shape index (κ2) is 8.87. The number of carbonyl (C=O) groups is 2. The maximum Gasteiger partial charge on any atom is 0.259 e. The highest BCUT2D eigenvalue weighted by Crippen LogP contribution is 2.30. The molecule has 2 aromatic rings. The number of amides is 2. The van der Waals surface area contributed by atoms with Crippen LogP contribution < -0.4 is 5.32 Å². The summed E-state index contributed by atoms with van der Waals surface area (Å²) >= 11 is 0. The average Bonchev–Trinajstić information content (AvgIpc) is 3.41. The van der Waals surface area contributed by atoms with Crippen LogP contribution in [0.2, 0.25) is 0 Å². The van der Waals surface area contributed by atoms with Crippen LogP contribution in [0.5, 0.6) is 0 Å². The number of rotatable bonds is 5. The Bertz CT molecular complexity index is 928. The third-order valence-corrected chi connectivity index (χ3v) is 5.77. The van der Waals surface area contributed by atoms with Gasteiger partial charge in [0.05, 0.1) is 23.8 Å². The maximum atomic E-state index is 13.0. The summed E-state index contributed by atoms with van der Waals surface area (Å²) in [6.07, 6.45) is 5.57. The summed E-state index contributed by atoms with van der Waals surface area (Å²) in [6, 6.07) is 5.43. The highest BCUT2D eigenvalue weighted by atomic mass is 19.1. The van der Waals surface area contributed by atoms with Gasteiger partial charge >= 0.3 is 0 Å². The molecule has 0 bridgehead atoms. The number of halogens is 1. The zero-order valence-corrected chi connectivity index (χ0v) is 17.1. The van der Waals surface area contributed by atoms with Crippen molar-refractivity contribution in [2.45, 2.75) is 38.6 Å². The molecule has 1 aromatic heterocycles. The van der Waals surface area contributed by atoms with Crippen molar-refractivity contribution < 1.29 is 14.0 Å². The minimum Gasteiger partial charge on any atom is -0.331 e. The van der Waals surface area contributed by atoms with Crippen LogP contribution in [-0.2, 0) is 4.79 Å². The van der Waals surface area contributed by atoms with Gasteiger partial charge in [-0.3, -0.25) is 14.5 Å². The Balaban J connectivity index is 1.45. The van der Waals surface area contributed by atoms with Crippen LogP contribution >= 0.6 is 0 Å². The normalized spacial score (nSPS) is 19.3. The van der Waals surface area contributed by atoms with E-state index in [1.54, 1.807) is 6.92 Å². The van der Waals surface area contributed by atoms with Crippen molar-refractivity contribution in [3.05, 3.63) is 53.4 Å². The van der Waals surface area contributed by atoms with Gasteiger partial charge in [-0.15, -0.1) is 0 Å². The van der Waals surface area contributed by atoms with Crippen molar-refractivity contribution in [2.24, 2.45) is 0 Å². The monoisotopic (exact) mass is 411 g/mol. The lowest BCUT2D eigenvalue weighted by Gasteiger charge is -2.26. The van der Waals surface area contributed by atoms with Crippen LogP contribution in [-0.4, -0.2) is 57.8 Å². The smallest absolute Gasteiger partial charge is 0.259 e. The molecular weight excluding hydrogens is 385 g/mol. The first kappa shape index (κ1) is 20.4. The lowest BCUT2D eigenvalue weighted by molar-refractivity contribution is -0.133. The van der Waals surface area contributed by atoms with Crippen molar-refractivity contribution in [1.82, 2.24) is 19.8 Å². The molecule has 8 heteroatoms. The second-order valence-electron chi connectivity index (χ2n) is 7.92. The zero-order valence-electron chi connectivity index (χ0n) is 17.1. The highest BCUT2D eigenvalue weighted by Gasteiger charge is 2.33. The maximum absolute atomic E-state index is 13.0. The third-order valence-electron chi connectivity index (χ3n) is 5.77. The number of carbonyl (C=O) groups excluding carboxylic acids is 2. The number of likely N-dealkylation sites (tertiary alicyclic amines) is 2. The first-order chi connectivity index (χ1) is 14.5. The lowest BCUT2D eigenvalue weighted by Crippen LogP contribution is -2.39. The number of nitrogens with one attached hydrogen (secondary N) is 1. The van der Waals surface area contributed by atoms with E-state index >= 15 is 0 Å². The van der Waals surface area contributed by atoms with E-state index in [9.17, 15) is 14.0 Å². The van der Waals surface area contributed by atoms with Crippen LogP contribution in [0.1, 0.15) is 53.6 Å². The Hall–Kier alpha value is -2.87. The fourth-order valence-corrected chi connectivity index (χ4v) is 4.16. The van der Waals surface area contributed by atoms with Gasteiger partial charge in [0.1, 0.15) is 5.82 Å². The van der Waals surface area contributed by atoms with Crippen LogP contribution in [0.15, 0.2) is 30.5 Å². The molecule has 2 fully saturated rings. The second-order valence-corrected chi connectivity index (χ2v) is 7.92. The quantitative estimate of drug-likeness (QED) is 0.819. The Kier molecular flexibility index (Phi) is 6.03. The Labute approximate surface area is 175 Å². The number of aryl methyl sites for hydroxylation is 1. The van der Waals surface area contributed by atoms with Gasteiger partial charge in [0.25, 0.3) is 5.91 Å². The Morgan fingerprint density at radius 1 is 1.13 bits per heavy atom. The summed E-state index contributed by atoms with van der Waals surface area (Å²) in [5.74, 6) is -0.00630. The average molecular weight is 411 g/mol. The molecule has 0 saturated carbocycles. The molecule has 1 atom stereocenters. The van der Waals surface area contributed by atoms with Gasteiger partial charge < -0.3 is 10.2 Å². The number of hydrogen-bond acceptors (Lipinski definition) is 5. The molecule has 2 aliphatic rings. The van der Waals surface area contributed by atoms with Crippen LogP contribution in [0.3, 0.4) is 0 Å². The summed E-state index contributed by atoms with van der Waals surface area (Å²) < 4.78 is 13.0. The number of nitrogens with zero attached hydrogens (tertiary/aromatic N) is 4. The number of aromatic nitrogens is 2. The summed E-state index contributed by atoms with van der Waals surface area (Å²) in [7, 11) is 0. The van der Waals surface area contributed by atoms with Gasteiger partial charge in [-0.05, 0) is 70.0 Å². The fraction of sp³-hybridized carbons (Fsp3) is 0.455. The van der Waals surface area contributed by atoms with Gasteiger partial charge in [-0.25, -0.2) is 14.4 Å². The zero-order chi connectivity index (χ0) is 21.1. The first-order valence-electron chi connectivity index (χ1n) is 10.4. The van der Waals surface area contributed by atoms with Gasteiger partial charge in [0.2, 0.25) is 5.91 Å². The molecule has 30 heavy (non-hydrogen) atoms. The molecule has 2 saturated heterocycles. The Morgan fingerprint density at radius 2 is 1.87 bits per heavy atom. The molecule has 0 aliphatic carbocycles. The van der Waals surface area contributed by atoms with E-state index in [0.29, 0.717) is 35.9 Å². The summed E-state index contributed by atoms with van der Waals surface area (Å²) in [5, 5.41) is 2.73. The van der Waals surface area contributed by atoms with Crippen molar-refractivity contribution in [3.8, 4) is 0 Å². The van der Waals surface area contributed by atoms with Crippen LogP contribution in [0.4, 0.5) is 10.1 Å². The Morgan fingerprint density at radius 3 is 2.57 bits per heavy atom. The molecule has 7 nitrogen and oxygen atoms in total. The standard InChI is InChI=1S/C22H26FN5O2/c1-15-18(22(30)26-17-8-6-16(23)7-9-17)13-24-21(25-15)19-5-4-12-28(19)20(29)14-27-10-2-3-11-27/h6-9,13,19H,2-5,10-12,14H2,1H3,(H,26,30)/t19-/m1/s1. The van der Waals surface area contributed by atoms with E-state index < -0.39 is 0 Å². The molecule has 1 N–H and O–H groups in total. The van der Waals surface area contributed by atoms with Gasteiger partial charge in [0, 0.05) is 18.4 Å². The molecule has 4 rings (SSSR count). The fourth-order valence-electron chi connectivity index (χ4n) is 4.16. The predicted octanol–water partition coefficient (Wildman–Crippen LogP) is 2.94. The van der Waals surface area contributed by atoms with Gasteiger partial charge in [-0.2, -0.15) is 0 Å². The van der Waals surface area contributed by atoms with Crippen LogP contribution in [0, 0.1) is 12.7 Å². The lowest BCUT2D eigenvalue weighted by atomic mass is 10.1. The van der Waals surface area contributed by atoms with E-state index in [1.807, 2.05) is 4.90 Å². The minimum absolute atomic E-state index is 0.124. The minimum atomic E-state index is -0.364.